The summed E-state index contributed by atoms with van der Waals surface area (Å²) in [6.07, 6.45) is 1.27. The third-order valence-electron chi connectivity index (χ3n) is 3.53. The van der Waals surface area contributed by atoms with Gasteiger partial charge in [-0.2, -0.15) is 0 Å². The molecule has 0 unspecified atom stereocenters. The van der Waals surface area contributed by atoms with Crippen LogP contribution in [0.3, 0.4) is 0 Å². The molecule has 0 aliphatic rings. The molecule has 0 amide bonds. The van der Waals surface area contributed by atoms with Gasteiger partial charge in [0.2, 0.25) is 10.0 Å². The quantitative estimate of drug-likeness (QED) is 0.736. The fraction of sp³-hybridized carbons (Fsp3) is 0.538. The average molecular weight is 402 g/mol. The van der Waals surface area contributed by atoms with Crippen LogP contribution in [0.15, 0.2) is 27.6 Å². The second-order valence-corrected chi connectivity index (χ2v) is 7.13. The Hall–Kier alpha value is -0.340. The van der Waals surface area contributed by atoms with Gasteiger partial charge in [0.25, 0.3) is 0 Å². The van der Waals surface area contributed by atoms with E-state index in [2.05, 4.69) is 20.7 Å². The van der Waals surface area contributed by atoms with E-state index in [9.17, 15) is 8.42 Å². The number of nitrogens with one attached hydrogen (secondary N) is 1. The van der Waals surface area contributed by atoms with Crippen molar-refractivity contribution >= 4 is 38.4 Å². The molecule has 0 bridgehead atoms. The molecule has 21 heavy (non-hydrogen) atoms. The van der Waals surface area contributed by atoms with Crippen molar-refractivity contribution in [2.75, 3.05) is 13.7 Å². The summed E-state index contributed by atoms with van der Waals surface area (Å²) in [5.41, 5.74) is 5.13. The first-order valence-electron chi connectivity index (χ1n) is 6.41. The summed E-state index contributed by atoms with van der Waals surface area (Å²) in [4.78, 5) is 0.185. The van der Waals surface area contributed by atoms with Gasteiger partial charge in [-0.25, -0.2) is 13.1 Å². The summed E-state index contributed by atoms with van der Waals surface area (Å²) in [6, 6.07) is 4.65. The molecule has 0 aliphatic carbocycles. The van der Waals surface area contributed by atoms with Crippen molar-refractivity contribution < 1.29 is 13.2 Å². The number of nitrogens with two attached hydrogens (primary N) is 1. The summed E-state index contributed by atoms with van der Waals surface area (Å²) in [7, 11) is -2.09. The van der Waals surface area contributed by atoms with Gasteiger partial charge in [-0.15, -0.1) is 12.4 Å². The number of halogens is 2. The number of hydrogen-bond acceptors (Lipinski definition) is 4. The van der Waals surface area contributed by atoms with Crippen LogP contribution in [0.1, 0.15) is 26.7 Å². The monoisotopic (exact) mass is 400 g/mol. The van der Waals surface area contributed by atoms with Gasteiger partial charge in [0.15, 0.2) is 0 Å². The van der Waals surface area contributed by atoms with E-state index in [1.807, 2.05) is 13.8 Å². The maximum Gasteiger partial charge on any atom is 0.241 e. The molecule has 1 rings (SSSR count). The van der Waals surface area contributed by atoms with Gasteiger partial charge >= 0.3 is 0 Å². The maximum atomic E-state index is 12.4. The maximum absolute atomic E-state index is 12.4. The van der Waals surface area contributed by atoms with Gasteiger partial charge in [0.1, 0.15) is 5.75 Å². The lowest BCUT2D eigenvalue weighted by Gasteiger charge is -2.31. The molecular formula is C13H22BrClN2O3S. The minimum atomic E-state index is -3.62. The van der Waals surface area contributed by atoms with Crippen LogP contribution in [0.2, 0.25) is 0 Å². The molecule has 5 nitrogen and oxygen atoms in total. The molecular weight excluding hydrogens is 380 g/mol. The summed E-state index contributed by atoms with van der Waals surface area (Å²) in [5.74, 6) is 0.583. The molecule has 0 saturated carbocycles. The SMILES string of the molecule is CCC(CC)(CN)NS(=O)(=O)c1ccc(OC)c(Br)c1.Cl. The van der Waals surface area contributed by atoms with Crippen LogP contribution in [0.25, 0.3) is 0 Å². The van der Waals surface area contributed by atoms with E-state index in [-0.39, 0.29) is 23.8 Å². The molecule has 8 heteroatoms. The summed E-state index contributed by atoms with van der Waals surface area (Å²) >= 11 is 3.29. The predicted molar refractivity (Wildman–Crippen MR) is 90.6 cm³/mol. The third-order valence-corrected chi connectivity index (χ3v) is 5.72. The lowest BCUT2D eigenvalue weighted by Crippen LogP contribution is -2.52. The Balaban J connectivity index is 0.00000400. The molecule has 3 N–H and O–H groups in total. The smallest absolute Gasteiger partial charge is 0.241 e. The van der Waals surface area contributed by atoms with Crippen molar-refractivity contribution in [1.29, 1.82) is 0 Å². The van der Waals surface area contributed by atoms with E-state index in [0.717, 1.165) is 0 Å². The fourth-order valence-electron chi connectivity index (χ4n) is 1.88. The number of hydrogen-bond donors (Lipinski definition) is 2. The molecule has 1 aromatic carbocycles. The summed E-state index contributed by atoms with van der Waals surface area (Å²) < 4.78 is 33.3. The first-order valence-corrected chi connectivity index (χ1v) is 8.69. The van der Waals surface area contributed by atoms with Crippen molar-refractivity contribution in [3.8, 4) is 5.75 Å². The number of rotatable bonds is 7. The van der Waals surface area contributed by atoms with E-state index >= 15 is 0 Å². The van der Waals surface area contributed by atoms with Crippen molar-refractivity contribution in [1.82, 2.24) is 4.72 Å². The Morgan fingerprint density at radius 3 is 2.29 bits per heavy atom. The van der Waals surface area contributed by atoms with E-state index in [1.54, 1.807) is 6.07 Å². The molecule has 0 aromatic heterocycles. The first-order chi connectivity index (χ1) is 9.34. The van der Waals surface area contributed by atoms with E-state index in [0.29, 0.717) is 23.1 Å². The van der Waals surface area contributed by atoms with Gasteiger partial charge in [-0.3, -0.25) is 0 Å². The van der Waals surface area contributed by atoms with Gasteiger partial charge in [-0.1, -0.05) is 13.8 Å². The topological polar surface area (TPSA) is 81.4 Å². The van der Waals surface area contributed by atoms with Crippen LogP contribution < -0.4 is 15.2 Å². The molecule has 0 saturated heterocycles. The van der Waals surface area contributed by atoms with Crippen molar-refractivity contribution in [3.05, 3.63) is 22.7 Å². The minimum absolute atomic E-state index is 0. The predicted octanol–water partition coefficient (Wildman–Crippen LogP) is 2.68. The average Bonchev–Trinajstić information content (AvgIpc) is 2.44. The highest BCUT2D eigenvalue weighted by Gasteiger charge is 2.31. The number of ether oxygens (including phenoxy) is 1. The lowest BCUT2D eigenvalue weighted by atomic mass is 9.95. The Morgan fingerprint density at radius 2 is 1.90 bits per heavy atom. The molecule has 0 heterocycles. The highest BCUT2D eigenvalue weighted by Crippen LogP contribution is 2.28. The second kappa shape index (κ2) is 8.33. The molecule has 0 radical (unpaired) electrons. The van der Waals surface area contributed by atoms with E-state index in [4.69, 9.17) is 10.5 Å². The van der Waals surface area contributed by atoms with Crippen molar-refractivity contribution in [3.63, 3.8) is 0 Å². The Kier molecular flexibility index (Phi) is 8.20. The minimum Gasteiger partial charge on any atom is -0.496 e. The molecule has 122 valence electrons. The highest BCUT2D eigenvalue weighted by molar-refractivity contribution is 9.10. The normalized spacial score (nSPS) is 11.9. The summed E-state index contributed by atoms with van der Waals surface area (Å²) in [6.45, 7) is 4.10. The lowest BCUT2D eigenvalue weighted by molar-refractivity contribution is 0.363. The number of benzene rings is 1. The van der Waals surface area contributed by atoms with E-state index < -0.39 is 15.6 Å². The Morgan fingerprint density at radius 1 is 1.33 bits per heavy atom. The zero-order valence-electron chi connectivity index (χ0n) is 12.3. The van der Waals surface area contributed by atoms with Crippen LogP contribution in [0, 0.1) is 0 Å². The molecule has 0 atom stereocenters. The van der Waals surface area contributed by atoms with Crippen molar-refractivity contribution in [2.45, 2.75) is 37.1 Å². The van der Waals surface area contributed by atoms with Gasteiger partial charge in [0.05, 0.1) is 16.5 Å². The Labute approximate surface area is 141 Å². The van der Waals surface area contributed by atoms with Crippen LogP contribution in [-0.2, 0) is 10.0 Å². The number of sulfonamides is 1. The van der Waals surface area contributed by atoms with Gasteiger partial charge in [0, 0.05) is 12.1 Å². The van der Waals surface area contributed by atoms with Crippen LogP contribution >= 0.6 is 28.3 Å². The zero-order valence-corrected chi connectivity index (χ0v) is 15.6. The second-order valence-electron chi connectivity index (χ2n) is 4.59. The van der Waals surface area contributed by atoms with Crippen molar-refractivity contribution in [2.24, 2.45) is 5.73 Å². The summed E-state index contributed by atoms with van der Waals surface area (Å²) in [5, 5.41) is 0. The highest BCUT2D eigenvalue weighted by atomic mass is 79.9. The van der Waals surface area contributed by atoms with Crippen LogP contribution in [0.5, 0.6) is 5.75 Å². The molecule has 1 aromatic rings. The standard InChI is InChI=1S/C13H21BrN2O3S.ClH/c1-4-13(5-2,9-15)16-20(17,18)10-6-7-12(19-3)11(14)8-10;/h6-8,16H,4-5,9,15H2,1-3H3;1H. The zero-order chi connectivity index (χ0) is 15.4. The molecule has 0 spiro atoms. The van der Waals surface area contributed by atoms with Crippen LogP contribution in [-0.4, -0.2) is 27.6 Å². The Bertz CT molecular complexity index is 554. The molecule has 0 aliphatic heterocycles. The van der Waals surface area contributed by atoms with Crippen LogP contribution in [0.4, 0.5) is 0 Å². The van der Waals surface area contributed by atoms with Gasteiger partial charge in [-0.05, 0) is 47.0 Å². The fourth-order valence-corrected chi connectivity index (χ4v) is 4.16. The largest absolute Gasteiger partial charge is 0.496 e. The van der Waals surface area contributed by atoms with E-state index in [1.165, 1.54) is 19.2 Å². The number of methoxy groups -OCH3 is 1. The molecule has 0 fully saturated rings. The first kappa shape index (κ1) is 20.7. The van der Waals surface area contributed by atoms with Gasteiger partial charge < -0.3 is 10.5 Å². The third kappa shape index (κ3) is 4.82.